The molecule has 0 saturated heterocycles. The molecule has 10 aromatic carbocycles. The van der Waals surface area contributed by atoms with Crippen LogP contribution in [0.1, 0.15) is 36.1 Å². The molecule has 1 aliphatic rings. The van der Waals surface area contributed by atoms with Crippen LogP contribution in [-0.4, -0.2) is 22.6 Å². The number of furan rings is 1. The molecular weight excluding hydrogens is 793 g/mol. The van der Waals surface area contributed by atoms with E-state index in [0.717, 1.165) is 76.6 Å². The highest BCUT2D eigenvalue weighted by Gasteiger charge is 2.36. The van der Waals surface area contributed by atoms with E-state index in [1.54, 1.807) is 0 Å². The summed E-state index contributed by atoms with van der Waals surface area (Å²) in [4.78, 5) is 10.3. The predicted molar refractivity (Wildman–Crippen MR) is 272 cm³/mol. The molecule has 1 aliphatic carbocycles. The van der Waals surface area contributed by atoms with Crippen molar-refractivity contribution in [3.63, 3.8) is 0 Å². The molecule has 2 aromatic heterocycles. The third-order valence-electron chi connectivity index (χ3n) is 13.7. The maximum atomic E-state index is 9.42. The summed E-state index contributed by atoms with van der Waals surface area (Å²) < 4.78 is 8.46. The molecule has 0 amide bonds. The van der Waals surface area contributed by atoms with Crippen LogP contribution in [0.15, 0.2) is 209 Å². The van der Waals surface area contributed by atoms with E-state index in [1.807, 2.05) is 60.9 Å². The third-order valence-corrected chi connectivity index (χ3v) is 13.7. The first-order valence-corrected chi connectivity index (χ1v) is 22.1. The maximum absolute atomic E-state index is 9.42. The number of nitrogens with zero attached hydrogens (tertiary/aromatic N) is 3. The van der Waals surface area contributed by atoms with E-state index in [9.17, 15) is 5.41 Å². The van der Waals surface area contributed by atoms with E-state index in [4.69, 9.17) is 14.4 Å². The number of aliphatic imine (C=N–C) groups is 2. The van der Waals surface area contributed by atoms with Gasteiger partial charge in [0, 0.05) is 43.7 Å². The lowest BCUT2D eigenvalue weighted by Gasteiger charge is -2.21. The molecule has 306 valence electrons. The van der Waals surface area contributed by atoms with Crippen LogP contribution in [0.25, 0.3) is 98.3 Å². The minimum absolute atomic E-state index is 0.0930. The van der Waals surface area contributed by atoms with Crippen molar-refractivity contribution in [3.8, 4) is 22.3 Å². The standard InChI is InChI=1S/C60H40N4O/c1-60(2)51-28-26-41(32-50(51)56-44-17-8-7-13-37(44)25-29-52(56)60)45-19-11-20-48-49-31-39-15-5-6-16-40(39)33-53(49)64(57(45)48)35-62-59(43-23-22-36-12-3-4-14-38(36)30-43)63-58(61)42-24-27-47-46-18-9-10-21-54(46)65-55(47)34-42/h3-35,61H,1-2H3. The van der Waals surface area contributed by atoms with Crippen molar-refractivity contribution in [2.75, 3.05) is 0 Å². The lowest BCUT2D eigenvalue weighted by molar-refractivity contribution is 0.661. The Morgan fingerprint density at radius 1 is 0.508 bits per heavy atom. The second kappa shape index (κ2) is 14.0. The van der Waals surface area contributed by atoms with E-state index in [0.29, 0.717) is 11.4 Å². The van der Waals surface area contributed by atoms with E-state index < -0.39 is 0 Å². The fourth-order valence-electron chi connectivity index (χ4n) is 10.5. The van der Waals surface area contributed by atoms with Crippen LogP contribution in [0, 0.1) is 5.41 Å². The quantitative estimate of drug-likeness (QED) is 0.139. The van der Waals surface area contributed by atoms with E-state index in [2.05, 4.69) is 158 Å². The number of amidine groups is 2. The molecule has 2 heterocycles. The van der Waals surface area contributed by atoms with Gasteiger partial charge in [0.1, 0.15) is 17.5 Å². The van der Waals surface area contributed by atoms with Crippen LogP contribution in [0.5, 0.6) is 0 Å². The molecule has 0 saturated carbocycles. The Bertz CT molecular complexity index is 4070. The largest absolute Gasteiger partial charge is 0.456 e. The maximum Gasteiger partial charge on any atom is 0.163 e. The average molecular weight is 833 g/mol. The summed E-state index contributed by atoms with van der Waals surface area (Å²) in [6.07, 6.45) is 1.91. The van der Waals surface area contributed by atoms with Gasteiger partial charge < -0.3 is 4.42 Å². The van der Waals surface area contributed by atoms with Crippen LogP contribution in [0.2, 0.25) is 0 Å². The topological polar surface area (TPSA) is 66.6 Å². The Morgan fingerprint density at radius 3 is 2.02 bits per heavy atom. The number of fused-ring (bicyclic) bond motifs is 13. The van der Waals surface area contributed by atoms with Crippen molar-refractivity contribution in [2.24, 2.45) is 9.98 Å². The zero-order chi connectivity index (χ0) is 43.4. The first-order valence-electron chi connectivity index (χ1n) is 22.1. The van der Waals surface area contributed by atoms with Crippen molar-refractivity contribution in [1.82, 2.24) is 4.57 Å². The van der Waals surface area contributed by atoms with Gasteiger partial charge in [0.05, 0.1) is 11.0 Å². The van der Waals surface area contributed by atoms with Gasteiger partial charge in [-0.05, 0) is 103 Å². The monoisotopic (exact) mass is 832 g/mol. The molecule has 0 unspecified atom stereocenters. The van der Waals surface area contributed by atoms with Crippen LogP contribution >= 0.6 is 0 Å². The fourth-order valence-corrected chi connectivity index (χ4v) is 10.5. The second-order valence-electron chi connectivity index (χ2n) is 17.8. The van der Waals surface area contributed by atoms with Gasteiger partial charge in [-0.1, -0.05) is 166 Å². The molecule has 65 heavy (non-hydrogen) atoms. The zero-order valence-electron chi connectivity index (χ0n) is 35.8. The van der Waals surface area contributed by atoms with Gasteiger partial charge in [0.15, 0.2) is 11.7 Å². The number of aromatic nitrogens is 1. The van der Waals surface area contributed by atoms with Crippen LogP contribution in [0.4, 0.5) is 0 Å². The summed E-state index contributed by atoms with van der Waals surface area (Å²) in [6.45, 7) is 4.69. The predicted octanol–water partition coefficient (Wildman–Crippen LogP) is 15.5. The minimum Gasteiger partial charge on any atom is -0.456 e. The minimum atomic E-state index is -0.134. The second-order valence-corrected chi connectivity index (χ2v) is 17.8. The van der Waals surface area contributed by atoms with Crippen LogP contribution in [0.3, 0.4) is 0 Å². The molecule has 1 N–H and O–H groups in total. The summed E-state index contributed by atoms with van der Waals surface area (Å²) in [5.74, 6) is 0.525. The van der Waals surface area contributed by atoms with Crippen molar-refractivity contribution >= 4 is 94.1 Å². The first-order chi connectivity index (χ1) is 31.9. The summed E-state index contributed by atoms with van der Waals surface area (Å²) in [7, 11) is 0. The van der Waals surface area contributed by atoms with Gasteiger partial charge in [-0.2, -0.15) is 0 Å². The molecular formula is C60H40N4O. The number of nitrogens with one attached hydrogen (secondary N) is 1. The lowest BCUT2D eigenvalue weighted by Crippen LogP contribution is -2.14. The number of hydrogen-bond acceptors (Lipinski definition) is 2. The van der Waals surface area contributed by atoms with Crippen molar-refractivity contribution < 1.29 is 4.42 Å². The Balaban J connectivity index is 1.02. The molecule has 13 rings (SSSR count). The average Bonchev–Trinajstić information content (AvgIpc) is 3.95. The molecule has 0 atom stereocenters. The van der Waals surface area contributed by atoms with Crippen molar-refractivity contribution in [3.05, 3.63) is 216 Å². The summed E-state index contributed by atoms with van der Waals surface area (Å²) in [6, 6.07) is 68.6. The number of rotatable bonds is 4. The molecule has 0 fully saturated rings. The van der Waals surface area contributed by atoms with Crippen LogP contribution in [-0.2, 0) is 5.41 Å². The summed E-state index contributed by atoms with van der Waals surface area (Å²) in [5.41, 5.74) is 12.5. The number of hydrogen-bond donors (Lipinski definition) is 1. The molecule has 5 heteroatoms. The molecule has 0 aliphatic heterocycles. The smallest absolute Gasteiger partial charge is 0.163 e. The van der Waals surface area contributed by atoms with Crippen molar-refractivity contribution in [1.29, 1.82) is 5.41 Å². The molecule has 5 nitrogen and oxygen atoms in total. The first kappa shape index (κ1) is 37.2. The highest BCUT2D eigenvalue weighted by molar-refractivity contribution is 6.20. The van der Waals surface area contributed by atoms with Gasteiger partial charge in [-0.25, -0.2) is 9.98 Å². The van der Waals surface area contributed by atoms with Gasteiger partial charge in [-0.15, -0.1) is 0 Å². The number of para-hydroxylation sites is 2. The fraction of sp³-hybridized carbons (Fsp3) is 0.0500. The lowest BCUT2D eigenvalue weighted by atomic mass is 9.82. The normalized spacial score (nSPS) is 13.6. The van der Waals surface area contributed by atoms with Gasteiger partial charge in [-0.3, -0.25) is 9.98 Å². The van der Waals surface area contributed by atoms with E-state index >= 15 is 0 Å². The van der Waals surface area contributed by atoms with Gasteiger partial charge in [0.25, 0.3) is 0 Å². The van der Waals surface area contributed by atoms with Gasteiger partial charge >= 0.3 is 0 Å². The van der Waals surface area contributed by atoms with Crippen LogP contribution < -0.4 is 0 Å². The summed E-state index contributed by atoms with van der Waals surface area (Å²) in [5, 5.41) is 20.8. The SMILES string of the molecule is CC1(C)c2ccc(-c3cccc4c5cc6ccccc6cc5n(C=NC(=NC(=N)c5ccc6c(c5)oc5ccccc56)c5ccc6ccccc6c5)c34)cc2-c2c1ccc1ccccc21. The molecule has 12 aromatic rings. The Hall–Kier alpha value is -8.41. The van der Waals surface area contributed by atoms with Crippen molar-refractivity contribution in [2.45, 2.75) is 19.3 Å². The van der Waals surface area contributed by atoms with Gasteiger partial charge in [0.2, 0.25) is 0 Å². The molecule has 0 spiro atoms. The van der Waals surface area contributed by atoms with E-state index in [-0.39, 0.29) is 11.3 Å². The molecule has 0 radical (unpaired) electrons. The Kier molecular flexibility index (Phi) is 8.03. The molecule has 0 bridgehead atoms. The Morgan fingerprint density at radius 2 is 1.17 bits per heavy atom. The van der Waals surface area contributed by atoms with E-state index in [1.165, 1.54) is 38.4 Å². The summed E-state index contributed by atoms with van der Waals surface area (Å²) >= 11 is 0. The highest BCUT2D eigenvalue weighted by atomic mass is 16.3. The highest BCUT2D eigenvalue weighted by Crippen LogP contribution is 2.52. The Labute approximate surface area is 374 Å². The number of benzene rings is 10. The third kappa shape index (κ3) is 5.75. The zero-order valence-corrected chi connectivity index (χ0v) is 35.8.